The van der Waals surface area contributed by atoms with Crippen molar-refractivity contribution in [2.75, 3.05) is 24.6 Å². The molecule has 0 spiro atoms. The summed E-state index contributed by atoms with van der Waals surface area (Å²) in [5, 5.41) is 9.15. The maximum atomic E-state index is 9.15. The normalized spacial score (nSPS) is 18.8. The number of hydrogen-bond acceptors (Lipinski definition) is 5. The lowest BCUT2D eigenvalue weighted by Gasteiger charge is -2.15. The molecule has 1 aliphatic rings. The predicted molar refractivity (Wildman–Crippen MR) is 72.7 cm³/mol. The first-order chi connectivity index (χ1) is 9.36. The highest BCUT2D eigenvalue weighted by Crippen LogP contribution is 2.21. The summed E-state index contributed by atoms with van der Waals surface area (Å²) in [7, 11) is 0. The van der Waals surface area contributed by atoms with Crippen molar-refractivity contribution in [3.63, 3.8) is 0 Å². The van der Waals surface area contributed by atoms with Gasteiger partial charge in [-0.05, 0) is 18.6 Å². The van der Waals surface area contributed by atoms with E-state index in [9.17, 15) is 0 Å². The third-order valence-electron chi connectivity index (χ3n) is 3.43. The van der Waals surface area contributed by atoms with Crippen molar-refractivity contribution in [2.24, 2.45) is 5.92 Å². The maximum Gasteiger partial charge on any atom is 0.225 e. The van der Waals surface area contributed by atoms with Crippen LogP contribution < -0.4 is 4.90 Å². The minimum absolute atomic E-state index is 0.239. The van der Waals surface area contributed by atoms with Crippen LogP contribution >= 0.6 is 0 Å². The lowest BCUT2D eigenvalue weighted by Crippen LogP contribution is -2.22. The Morgan fingerprint density at radius 3 is 2.68 bits per heavy atom. The summed E-state index contributed by atoms with van der Waals surface area (Å²) < 4.78 is 0. The molecule has 1 aliphatic heterocycles. The van der Waals surface area contributed by atoms with Crippen molar-refractivity contribution in [2.45, 2.75) is 6.42 Å². The van der Waals surface area contributed by atoms with Gasteiger partial charge in [-0.3, -0.25) is 4.98 Å². The van der Waals surface area contributed by atoms with Crippen molar-refractivity contribution >= 4 is 5.95 Å². The molecule has 0 bridgehead atoms. The van der Waals surface area contributed by atoms with Crippen LogP contribution in [-0.4, -0.2) is 39.8 Å². The van der Waals surface area contributed by atoms with Gasteiger partial charge in [0, 0.05) is 49.8 Å². The molecule has 1 unspecified atom stereocenters. The summed E-state index contributed by atoms with van der Waals surface area (Å²) in [4.78, 5) is 15.2. The Kier molecular flexibility index (Phi) is 3.37. The molecule has 5 heteroatoms. The number of aromatic nitrogens is 3. The highest BCUT2D eigenvalue weighted by molar-refractivity contribution is 5.57. The smallest absolute Gasteiger partial charge is 0.225 e. The van der Waals surface area contributed by atoms with Crippen LogP contribution in [0.5, 0.6) is 0 Å². The van der Waals surface area contributed by atoms with E-state index in [1.54, 1.807) is 18.6 Å². The Hall–Kier alpha value is -2.01. The molecule has 98 valence electrons. The monoisotopic (exact) mass is 256 g/mol. The average Bonchev–Trinajstić information content (AvgIpc) is 2.97. The van der Waals surface area contributed by atoms with Crippen LogP contribution in [0.3, 0.4) is 0 Å². The summed E-state index contributed by atoms with van der Waals surface area (Å²) in [6, 6.07) is 5.77. The van der Waals surface area contributed by atoms with Crippen molar-refractivity contribution < 1.29 is 5.11 Å². The van der Waals surface area contributed by atoms with Crippen LogP contribution in [-0.2, 0) is 0 Å². The molecule has 1 fully saturated rings. The van der Waals surface area contributed by atoms with E-state index >= 15 is 0 Å². The van der Waals surface area contributed by atoms with Crippen molar-refractivity contribution in [1.29, 1.82) is 0 Å². The first kappa shape index (κ1) is 12.0. The van der Waals surface area contributed by atoms with E-state index in [2.05, 4.69) is 19.9 Å². The van der Waals surface area contributed by atoms with E-state index in [0.29, 0.717) is 5.92 Å². The highest BCUT2D eigenvalue weighted by atomic mass is 16.3. The minimum Gasteiger partial charge on any atom is -0.396 e. The van der Waals surface area contributed by atoms with Crippen LogP contribution in [0.15, 0.2) is 36.8 Å². The number of hydrogen-bond donors (Lipinski definition) is 1. The second-order valence-electron chi connectivity index (χ2n) is 4.77. The molecule has 2 aromatic rings. The molecule has 0 aliphatic carbocycles. The largest absolute Gasteiger partial charge is 0.396 e. The predicted octanol–water partition coefficient (Wildman–Crippen LogP) is 1.36. The zero-order valence-corrected chi connectivity index (χ0v) is 10.6. The maximum absolute atomic E-state index is 9.15. The molecule has 3 heterocycles. The Labute approximate surface area is 112 Å². The molecule has 2 aromatic heterocycles. The lowest BCUT2D eigenvalue weighted by atomic mass is 10.1. The molecule has 0 amide bonds. The summed E-state index contributed by atoms with van der Waals surface area (Å²) in [6.45, 7) is 1.98. The molecular weight excluding hydrogens is 240 g/mol. The van der Waals surface area contributed by atoms with Crippen LogP contribution in [0.4, 0.5) is 5.95 Å². The summed E-state index contributed by atoms with van der Waals surface area (Å²) in [5.74, 6) is 1.08. The Morgan fingerprint density at radius 2 is 2.05 bits per heavy atom. The van der Waals surface area contributed by atoms with Gasteiger partial charge >= 0.3 is 0 Å². The van der Waals surface area contributed by atoms with Gasteiger partial charge in [-0.1, -0.05) is 6.07 Å². The zero-order chi connectivity index (χ0) is 13.1. The van der Waals surface area contributed by atoms with Gasteiger partial charge in [0.15, 0.2) is 0 Å². The molecule has 0 saturated carbocycles. The van der Waals surface area contributed by atoms with Crippen LogP contribution in [0.25, 0.3) is 11.3 Å². The molecule has 1 atom stereocenters. The molecular formula is C14H16N4O. The lowest BCUT2D eigenvalue weighted by molar-refractivity contribution is 0.238. The second kappa shape index (κ2) is 5.32. The SMILES string of the molecule is OCC1CCN(c2ncc(-c3ccccn3)cn2)C1. The number of anilines is 1. The van der Waals surface area contributed by atoms with E-state index in [-0.39, 0.29) is 6.61 Å². The molecule has 1 saturated heterocycles. The fourth-order valence-corrected chi connectivity index (χ4v) is 2.31. The average molecular weight is 256 g/mol. The van der Waals surface area contributed by atoms with Gasteiger partial charge in [-0.25, -0.2) is 9.97 Å². The Morgan fingerprint density at radius 1 is 1.21 bits per heavy atom. The topological polar surface area (TPSA) is 62.1 Å². The van der Waals surface area contributed by atoms with Gasteiger partial charge in [-0.2, -0.15) is 0 Å². The fraction of sp³-hybridized carbons (Fsp3) is 0.357. The van der Waals surface area contributed by atoms with Crippen LogP contribution in [0.1, 0.15) is 6.42 Å². The quantitative estimate of drug-likeness (QED) is 0.898. The number of aliphatic hydroxyl groups excluding tert-OH is 1. The summed E-state index contributed by atoms with van der Waals surface area (Å²) in [6.07, 6.45) is 6.37. The molecule has 19 heavy (non-hydrogen) atoms. The zero-order valence-electron chi connectivity index (χ0n) is 10.6. The van der Waals surface area contributed by atoms with Crippen molar-refractivity contribution in [1.82, 2.24) is 15.0 Å². The molecule has 3 rings (SSSR count). The van der Waals surface area contributed by atoms with Gasteiger partial charge in [0.25, 0.3) is 0 Å². The third kappa shape index (κ3) is 2.56. The van der Waals surface area contributed by atoms with Gasteiger partial charge in [-0.15, -0.1) is 0 Å². The van der Waals surface area contributed by atoms with E-state index < -0.39 is 0 Å². The van der Waals surface area contributed by atoms with Crippen LogP contribution in [0, 0.1) is 5.92 Å². The van der Waals surface area contributed by atoms with Crippen LogP contribution in [0.2, 0.25) is 0 Å². The van der Waals surface area contributed by atoms with E-state index in [1.807, 2.05) is 18.2 Å². The Balaban J connectivity index is 1.76. The fourth-order valence-electron chi connectivity index (χ4n) is 2.31. The van der Waals surface area contributed by atoms with Gasteiger partial charge < -0.3 is 10.0 Å². The van der Waals surface area contributed by atoms with Gasteiger partial charge in [0.05, 0.1) is 5.69 Å². The van der Waals surface area contributed by atoms with Crippen molar-refractivity contribution in [3.8, 4) is 11.3 Å². The van der Waals surface area contributed by atoms with E-state index in [0.717, 1.165) is 36.7 Å². The first-order valence-electron chi connectivity index (χ1n) is 6.46. The number of nitrogens with zero attached hydrogens (tertiary/aromatic N) is 4. The molecule has 5 nitrogen and oxygen atoms in total. The number of rotatable bonds is 3. The number of pyridine rings is 1. The second-order valence-corrected chi connectivity index (χ2v) is 4.77. The van der Waals surface area contributed by atoms with Gasteiger partial charge in [0.1, 0.15) is 0 Å². The third-order valence-corrected chi connectivity index (χ3v) is 3.43. The Bertz CT molecular complexity index is 529. The molecule has 0 aromatic carbocycles. The number of aliphatic hydroxyl groups is 1. The first-order valence-corrected chi connectivity index (χ1v) is 6.46. The highest BCUT2D eigenvalue weighted by Gasteiger charge is 2.23. The van der Waals surface area contributed by atoms with E-state index in [1.165, 1.54) is 0 Å². The summed E-state index contributed by atoms with van der Waals surface area (Å²) in [5.41, 5.74) is 1.80. The standard InChI is InChI=1S/C14H16N4O/c19-10-11-4-6-18(9-11)14-16-7-12(8-17-14)13-3-1-2-5-15-13/h1-3,5,7-8,11,19H,4,6,9-10H2. The summed E-state index contributed by atoms with van der Waals surface area (Å²) >= 11 is 0. The van der Waals surface area contributed by atoms with E-state index in [4.69, 9.17) is 5.11 Å². The van der Waals surface area contributed by atoms with Crippen molar-refractivity contribution in [3.05, 3.63) is 36.8 Å². The van der Waals surface area contributed by atoms with Gasteiger partial charge in [0.2, 0.25) is 5.95 Å². The minimum atomic E-state index is 0.239. The molecule has 0 radical (unpaired) electrons. The molecule has 1 N–H and O–H groups in total.